The van der Waals surface area contributed by atoms with Gasteiger partial charge in [0.25, 0.3) is 11.6 Å². The average molecular weight is 439 g/mol. The van der Waals surface area contributed by atoms with Gasteiger partial charge in [-0.2, -0.15) is 10.1 Å². The molecule has 1 heterocycles. The van der Waals surface area contributed by atoms with Gasteiger partial charge in [-0.15, -0.1) is 0 Å². The SMILES string of the molecule is O=C(N[C@@H](NC(=S)Nc1ncn[nH]1)C(Cl)(Cl)Cl)c1ccc([N+](=O)[O-])cc1. The molecule has 0 spiro atoms. The molecule has 4 N–H and O–H groups in total. The van der Waals surface area contributed by atoms with E-state index in [0.29, 0.717) is 0 Å². The van der Waals surface area contributed by atoms with Crippen LogP contribution in [0.1, 0.15) is 10.4 Å². The van der Waals surface area contributed by atoms with Crippen LogP contribution in [0.4, 0.5) is 11.6 Å². The third-order valence-corrected chi connectivity index (χ3v) is 3.74. The molecule has 0 unspecified atom stereocenters. The number of hydrogen-bond acceptors (Lipinski definition) is 6. The molecule has 138 valence electrons. The van der Waals surface area contributed by atoms with Crippen molar-refractivity contribution in [3.8, 4) is 0 Å². The summed E-state index contributed by atoms with van der Waals surface area (Å²) < 4.78 is -1.95. The van der Waals surface area contributed by atoms with E-state index in [-0.39, 0.29) is 22.3 Å². The van der Waals surface area contributed by atoms with Gasteiger partial charge in [0.05, 0.1) is 4.92 Å². The quantitative estimate of drug-likeness (QED) is 0.183. The molecule has 0 saturated carbocycles. The zero-order chi connectivity index (χ0) is 19.3. The van der Waals surface area contributed by atoms with E-state index in [1.807, 2.05) is 0 Å². The lowest BCUT2D eigenvalue weighted by Gasteiger charge is -2.27. The second kappa shape index (κ2) is 8.45. The lowest BCUT2D eigenvalue weighted by Crippen LogP contribution is -2.56. The normalized spacial score (nSPS) is 12.1. The molecule has 1 atom stereocenters. The van der Waals surface area contributed by atoms with Gasteiger partial charge < -0.3 is 16.0 Å². The monoisotopic (exact) mass is 437 g/mol. The van der Waals surface area contributed by atoms with E-state index in [1.165, 1.54) is 30.6 Å². The van der Waals surface area contributed by atoms with Crippen LogP contribution >= 0.6 is 47.0 Å². The minimum absolute atomic E-state index is 0.00192. The maximum Gasteiger partial charge on any atom is 0.269 e. The number of nitrogens with one attached hydrogen (secondary N) is 4. The molecule has 0 aliphatic rings. The van der Waals surface area contributed by atoms with Crippen molar-refractivity contribution in [2.45, 2.75) is 9.96 Å². The van der Waals surface area contributed by atoms with Gasteiger partial charge >= 0.3 is 0 Å². The molecule has 26 heavy (non-hydrogen) atoms. The predicted octanol–water partition coefficient (Wildman–Crippen LogP) is 2.13. The molecule has 10 nitrogen and oxygen atoms in total. The number of hydrogen-bond donors (Lipinski definition) is 4. The van der Waals surface area contributed by atoms with Crippen LogP contribution < -0.4 is 16.0 Å². The van der Waals surface area contributed by atoms with E-state index in [0.717, 1.165) is 0 Å². The summed E-state index contributed by atoms with van der Waals surface area (Å²) in [6.07, 6.45) is 0.0476. The standard InChI is InChI=1S/C12H10Cl3N7O3S/c13-12(14,15)9(19-11(26)20-10-16-5-17-21-10)18-8(23)6-1-3-7(4-2-6)22(24)25/h1-5,9H,(H,18,23)(H3,16,17,19,20,21,26)/t9-/m0/s1. The topological polar surface area (TPSA) is 138 Å². The fourth-order valence-electron chi connectivity index (χ4n) is 1.69. The molecule has 0 fully saturated rings. The number of alkyl halides is 3. The van der Waals surface area contributed by atoms with E-state index in [1.54, 1.807) is 0 Å². The van der Waals surface area contributed by atoms with Crippen molar-refractivity contribution in [1.29, 1.82) is 0 Å². The molecular formula is C12H10Cl3N7O3S. The molecule has 1 aromatic heterocycles. The zero-order valence-corrected chi connectivity index (χ0v) is 15.7. The Kier molecular flexibility index (Phi) is 6.53. The van der Waals surface area contributed by atoms with Crippen LogP contribution in [0.5, 0.6) is 0 Å². The highest BCUT2D eigenvalue weighted by atomic mass is 35.6. The molecule has 0 saturated heterocycles. The summed E-state index contributed by atoms with van der Waals surface area (Å²) in [6.45, 7) is 0. The van der Waals surface area contributed by atoms with Crippen molar-refractivity contribution in [3.05, 3.63) is 46.3 Å². The molecular weight excluding hydrogens is 429 g/mol. The Balaban J connectivity index is 2.05. The Labute approximate surface area is 166 Å². The number of H-pyrrole nitrogens is 1. The maximum atomic E-state index is 12.3. The minimum atomic E-state index is -1.95. The number of carbonyl (C=O) groups excluding carboxylic acids is 1. The number of non-ortho nitro benzene ring substituents is 1. The third kappa shape index (κ3) is 5.66. The molecule has 2 rings (SSSR count). The molecule has 0 aliphatic heterocycles. The average Bonchev–Trinajstić information content (AvgIpc) is 3.06. The highest BCUT2D eigenvalue weighted by Crippen LogP contribution is 2.29. The van der Waals surface area contributed by atoms with Gasteiger partial charge in [-0.1, -0.05) is 34.8 Å². The number of nitrogens with zero attached hydrogens (tertiary/aromatic N) is 3. The number of thiocarbonyl (C=S) groups is 1. The second-order valence-electron chi connectivity index (χ2n) is 4.68. The van der Waals surface area contributed by atoms with Crippen LogP contribution in [0.25, 0.3) is 0 Å². The smallest absolute Gasteiger partial charge is 0.269 e. The number of benzene rings is 1. The third-order valence-electron chi connectivity index (χ3n) is 2.87. The molecule has 2 aromatic rings. The maximum absolute atomic E-state index is 12.3. The number of halogens is 3. The summed E-state index contributed by atoms with van der Waals surface area (Å²) in [5.41, 5.74) is -0.0270. The van der Waals surface area contributed by atoms with E-state index < -0.39 is 20.8 Å². The van der Waals surface area contributed by atoms with Gasteiger partial charge in [-0.05, 0) is 24.4 Å². The number of anilines is 1. The Morgan fingerprint density at radius 3 is 2.42 bits per heavy atom. The number of nitro groups is 1. The van der Waals surface area contributed by atoms with E-state index in [2.05, 4.69) is 31.1 Å². The predicted molar refractivity (Wildman–Crippen MR) is 100 cm³/mol. The second-order valence-corrected chi connectivity index (χ2v) is 7.46. The van der Waals surface area contributed by atoms with Crippen molar-refractivity contribution in [2.75, 3.05) is 5.32 Å². The number of rotatable bonds is 5. The highest BCUT2D eigenvalue weighted by molar-refractivity contribution is 7.80. The van der Waals surface area contributed by atoms with Crippen LogP contribution in [0.3, 0.4) is 0 Å². The number of amides is 1. The van der Waals surface area contributed by atoms with Crippen LogP contribution in [-0.2, 0) is 0 Å². The summed E-state index contributed by atoms with van der Waals surface area (Å²) in [5, 5.41) is 24.5. The Hall–Kier alpha value is -2.21. The van der Waals surface area contributed by atoms with Gasteiger partial charge in [-0.3, -0.25) is 14.9 Å². The van der Waals surface area contributed by atoms with Crippen molar-refractivity contribution in [2.24, 2.45) is 0 Å². The van der Waals surface area contributed by atoms with Crippen LogP contribution in [0.2, 0.25) is 0 Å². The van der Waals surface area contributed by atoms with Gasteiger partial charge in [0.2, 0.25) is 9.74 Å². The Morgan fingerprint density at radius 1 is 1.27 bits per heavy atom. The largest absolute Gasteiger partial charge is 0.339 e. The van der Waals surface area contributed by atoms with Crippen molar-refractivity contribution in [1.82, 2.24) is 25.8 Å². The van der Waals surface area contributed by atoms with Gasteiger partial charge in [0.15, 0.2) is 5.11 Å². The highest BCUT2D eigenvalue weighted by Gasteiger charge is 2.35. The molecule has 0 aliphatic carbocycles. The van der Waals surface area contributed by atoms with Crippen molar-refractivity contribution in [3.63, 3.8) is 0 Å². The fraction of sp³-hybridized carbons (Fsp3) is 0.167. The van der Waals surface area contributed by atoms with Crippen molar-refractivity contribution < 1.29 is 9.72 Å². The molecule has 1 amide bonds. The number of aromatic amines is 1. The number of carbonyl (C=O) groups is 1. The minimum Gasteiger partial charge on any atom is -0.339 e. The summed E-state index contributed by atoms with van der Waals surface area (Å²) in [4.78, 5) is 26.2. The van der Waals surface area contributed by atoms with Crippen LogP contribution in [0.15, 0.2) is 30.6 Å². The van der Waals surface area contributed by atoms with E-state index in [9.17, 15) is 14.9 Å². The molecule has 0 bridgehead atoms. The summed E-state index contributed by atoms with van der Waals surface area (Å²) >= 11 is 22.6. The number of aromatic nitrogens is 3. The first kappa shape index (κ1) is 20.1. The Bertz CT molecular complexity index is 795. The van der Waals surface area contributed by atoms with E-state index in [4.69, 9.17) is 47.0 Å². The first-order valence-electron chi connectivity index (χ1n) is 6.71. The van der Waals surface area contributed by atoms with Gasteiger partial charge in [0.1, 0.15) is 12.5 Å². The van der Waals surface area contributed by atoms with E-state index >= 15 is 0 Å². The van der Waals surface area contributed by atoms with Crippen LogP contribution in [0, 0.1) is 10.1 Å². The zero-order valence-electron chi connectivity index (χ0n) is 12.6. The number of nitro benzene ring substituents is 1. The summed E-state index contributed by atoms with van der Waals surface area (Å²) in [7, 11) is 0. The van der Waals surface area contributed by atoms with Gasteiger partial charge in [0, 0.05) is 17.7 Å². The first-order chi connectivity index (χ1) is 12.2. The molecule has 0 radical (unpaired) electrons. The molecule has 1 aromatic carbocycles. The lowest BCUT2D eigenvalue weighted by molar-refractivity contribution is -0.384. The Morgan fingerprint density at radius 2 is 1.92 bits per heavy atom. The van der Waals surface area contributed by atoms with Crippen LogP contribution in [-0.4, -0.2) is 41.1 Å². The lowest BCUT2D eigenvalue weighted by atomic mass is 10.2. The first-order valence-corrected chi connectivity index (χ1v) is 8.26. The summed E-state index contributed by atoms with van der Waals surface area (Å²) in [6, 6.07) is 4.91. The molecule has 14 heteroatoms. The fourth-order valence-corrected chi connectivity index (χ4v) is 2.23. The summed E-state index contributed by atoms with van der Waals surface area (Å²) in [5.74, 6) is -0.390. The van der Waals surface area contributed by atoms with Crippen molar-refractivity contribution >= 4 is 69.7 Å². The van der Waals surface area contributed by atoms with Gasteiger partial charge in [-0.25, -0.2) is 5.10 Å².